The van der Waals surface area contributed by atoms with Crippen molar-refractivity contribution in [2.24, 2.45) is 5.73 Å². The van der Waals surface area contributed by atoms with Gasteiger partial charge in [-0.1, -0.05) is 134 Å². The molecular weight excluding hydrogens is 575 g/mol. The molecule has 258 valence electrons. The normalized spacial score (nSPS) is 14.9. The third-order valence-electron chi connectivity index (χ3n) is 7.45. The molecule has 0 saturated carbocycles. The maximum absolute atomic E-state index is 12.6. The van der Waals surface area contributed by atoms with Crippen LogP contribution >= 0.6 is 7.82 Å². The number of hydrogen-bond acceptors (Lipinski definition) is 6. The Kier molecular flexibility index (Phi) is 30.8. The number of unbranched alkanes of at least 4 members (excludes halogenated alkanes) is 16. The fourth-order valence-corrected chi connectivity index (χ4v) is 5.51. The molecule has 0 rings (SSSR count). The Morgan fingerprint density at radius 3 is 1.75 bits per heavy atom. The van der Waals surface area contributed by atoms with Gasteiger partial charge in [-0.15, -0.1) is 0 Å². The SMILES string of the molecule is CCCCC/C=C/CC/C=C/CC/C=C/C(O)C(COP(=O)(O)OCCN)NC(=O)CCCCCCCCCCCCCC. The van der Waals surface area contributed by atoms with Gasteiger partial charge in [-0.05, 0) is 44.9 Å². The predicted molar refractivity (Wildman–Crippen MR) is 184 cm³/mol. The van der Waals surface area contributed by atoms with Crippen molar-refractivity contribution in [2.75, 3.05) is 19.8 Å². The summed E-state index contributed by atoms with van der Waals surface area (Å²) in [6.45, 7) is 4.04. The van der Waals surface area contributed by atoms with Crippen LogP contribution in [0.3, 0.4) is 0 Å². The van der Waals surface area contributed by atoms with Crippen molar-refractivity contribution in [1.82, 2.24) is 5.32 Å². The van der Waals surface area contributed by atoms with Gasteiger partial charge < -0.3 is 21.1 Å². The van der Waals surface area contributed by atoms with E-state index in [1.807, 2.05) is 6.08 Å². The maximum Gasteiger partial charge on any atom is 0.472 e. The largest absolute Gasteiger partial charge is 0.472 e. The van der Waals surface area contributed by atoms with E-state index in [2.05, 4.69) is 43.5 Å². The number of phosphoric acid groups is 1. The molecule has 0 fully saturated rings. The van der Waals surface area contributed by atoms with Gasteiger partial charge in [0.1, 0.15) is 0 Å². The van der Waals surface area contributed by atoms with E-state index in [-0.39, 0.29) is 25.7 Å². The van der Waals surface area contributed by atoms with Crippen LogP contribution in [0.4, 0.5) is 0 Å². The van der Waals surface area contributed by atoms with Crippen LogP contribution in [0.2, 0.25) is 0 Å². The monoisotopic (exact) mass is 642 g/mol. The topological polar surface area (TPSA) is 131 Å². The van der Waals surface area contributed by atoms with E-state index in [1.165, 1.54) is 77.0 Å². The van der Waals surface area contributed by atoms with Crippen molar-refractivity contribution >= 4 is 13.7 Å². The third kappa shape index (κ3) is 29.4. The maximum atomic E-state index is 12.6. The molecule has 0 spiro atoms. The van der Waals surface area contributed by atoms with Crippen LogP contribution < -0.4 is 11.1 Å². The average molecular weight is 643 g/mol. The molecule has 5 N–H and O–H groups in total. The van der Waals surface area contributed by atoms with Crippen molar-refractivity contribution in [3.8, 4) is 0 Å². The van der Waals surface area contributed by atoms with Gasteiger partial charge in [0, 0.05) is 13.0 Å². The first-order valence-corrected chi connectivity index (χ1v) is 19.1. The molecule has 9 heteroatoms. The summed E-state index contributed by atoms with van der Waals surface area (Å²) >= 11 is 0. The summed E-state index contributed by atoms with van der Waals surface area (Å²) in [6.07, 6.45) is 34.7. The zero-order chi connectivity index (χ0) is 32.6. The number of amides is 1. The zero-order valence-corrected chi connectivity index (χ0v) is 29.0. The van der Waals surface area contributed by atoms with Gasteiger partial charge in [-0.2, -0.15) is 0 Å². The van der Waals surface area contributed by atoms with Gasteiger partial charge in [0.05, 0.1) is 25.4 Å². The first-order chi connectivity index (χ1) is 21.4. The fourth-order valence-electron chi connectivity index (χ4n) is 4.75. The van der Waals surface area contributed by atoms with Crippen molar-refractivity contribution in [2.45, 2.75) is 161 Å². The first kappa shape index (κ1) is 42.7. The Hall–Kier alpha value is -1.28. The number of nitrogens with two attached hydrogens (primary N) is 1. The van der Waals surface area contributed by atoms with Crippen LogP contribution in [0.15, 0.2) is 36.5 Å². The van der Waals surface area contributed by atoms with Gasteiger partial charge >= 0.3 is 7.82 Å². The van der Waals surface area contributed by atoms with E-state index in [0.29, 0.717) is 6.42 Å². The van der Waals surface area contributed by atoms with Crippen LogP contribution in [0, 0.1) is 0 Å². The van der Waals surface area contributed by atoms with Crippen LogP contribution in [-0.2, 0) is 18.4 Å². The third-order valence-corrected chi connectivity index (χ3v) is 8.43. The number of hydrogen-bond donors (Lipinski definition) is 4. The highest BCUT2D eigenvalue weighted by Crippen LogP contribution is 2.43. The van der Waals surface area contributed by atoms with Gasteiger partial charge in [-0.3, -0.25) is 13.8 Å². The summed E-state index contributed by atoms with van der Waals surface area (Å²) < 4.78 is 21.9. The molecule has 0 radical (unpaired) electrons. The lowest BCUT2D eigenvalue weighted by Gasteiger charge is -2.23. The summed E-state index contributed by atoms with van der Waals surface area (Å²) in [5.74, 6) is -0.212. The Labute approximate surface area is 269 Å². The highest BCUT2D eigenvalue weighted by atomic mass is 31.2. The minimum absolute atomic E-state index is 0.0721. The number of phosphoric ester groups is 1. The quantitative estimate of drug-likeness (QED) is 0.0328. The van der Waals surface area contributed by atoms with Crippen LogP contribution in [0.1, 0.15) is 149 Å². The highest BCUT2D eigenvalue weighted by molar-refractivity contribution is 7.47. The Morgan fingerprint density at radius 1 is 0.727 bits per heavy atom. The van der Waals surface area contributed by atoms with Crippen molar-refractivity contribution < 1.29 is 28.4 Å². The molecule has 0 aromatic rings. The van der Waals surface area contributed by atoms with E-state index in [0.717, 1.165) is 51.4 Å². The minimum atomic E-state index is -4.34. The second-order valence-corrected chi connectivity index (χ2v) is 13.2. The molecule has 0 aliphatic heterocycles. The number of nitrogens with one attached hydrogen (secondary N) is 1. The Morgan fingerprint density at radius 2 is 1.20 bits per heavy atom. The molecule has 0 aliphatic rings. The second-order valence-electron chi connectivity index (χ2n) is 11.7. The standard InChI is InChI=1S/C35H67N2O6P/c1-3-5-7-9-11-13-15-17-18-20-22-24-26-28-34(38)33(32-43-44(40,41)42-31-30-36)37-35(39)29-27-25-23-21-19-16-14-12-10-8-6-4-2/h11,13,18,20,26,28,33-34,38H,3-10,12,14-17,19,21-25,27,29-32,36H2,1-2H3,(H,37,39)(H,40,41)/b13-11+,20-18+,28-26+. The van der Waals surface area contributed by atoms with Crippen molar-refractivity contribution in [1.29, 1.82) is 0 Å². The van der Waals surface area contributed by atoms with Gasteiger partial charge in [0.25, 0.3) is 0 Å². The summed E-state index contributed by atoms with van der Waals surface area (Å²) in [5.41, 5.74) is 5.34. The molecule has 0 aliphatic carbocycles. The minimum Gasteiger partial charge on any atom is -0.387 e. The molecule has 0 aromatic heterocycles. The highest BCUT2D eigenvalue weighted by Gasteiger charge is 2.26. The summed E-state index contributed by atoms with van der Waals surface area (Å²) in [7, 11) is -4.34. The molecule has 0 aromatic carbocycles. The molecular formula is C35H67N2O6P. The molecule has 0 bridgehead atoms. The smallest absolute Gasteiger partial charge is 0.387 e. The Balaban J connectivity index is 4.46. The number of aliphatic hydroxyl groups is 1. The lowest BCUT2D eigenvalue weighted by molar-refractivity contribution is -0.123. The summed E-state index contributed by atoms with van der Waals surface area (Å²) in [5, 5.41) is 13.5. The molecule has 0 heterocycles. The second kappa shape index (κ2) is 31.7. The molecule has 44 heavy (non-hydrogen) atoms. The average Bonchev–Trinajstić information content (AvgIpc) is 3.01. The number of carbonyl (C=O) groups excluding carboxylic acids is 1. The van der Waals surface area contributed by atoms with E-state index in [1.54, 1.807) is 6.08 Å². The summed E-state index contributed by atoms with van der Waals surface area (Å²) in [6, 6.07) is -0.877. The number of rotatable bonds is 32. The Bertz CT molecular complexity index is 789. The van der Waals surface area contributed by atoms with Crippen molar-refractivity contribution in [3.63, 3.8) is 0 Å². The molecule has 1 amide bonds. The van der Waals surface area contributed by atoms with Gasteiger partial charge in [0.2, 0.25) is 5.91 Å². The predicted octanol–water partition coefficient (Wildman–Crippen LogP) is 8.82. The fraction of sp³-hybridized carbons (Fsp3) is 0.800. The van der Waals surface area contributed by atoms with E-state index >= 15 is 0 Å². The van der Waals surface area contributed by atoms with Crippen LogP contribution in [0.5, 0.6) is 0 Å². The van der Waals surface area contributed by atoms with Gasteiger partial charge in [-0.25, -0.2) is 4.57 Å². The van der Waals surface area contributed by atoms with E-state index < -0.39 is 20.0 Å². The van der Waals surface area contributed by atoms with Crippen molar-refractivity contribution in [3.05, 3.63) is 36.5 Å². The van der Waals surface area contributed by atoms with Crippen LogP contribution in [-0.4, -0.2) is 47.8 Å². The summed E-state index contributed by atoms with van der Waals surface area (Å²) in [4.78, 5) is 22.5. The number of aliphatic hydroxyl groups excluding tert-OH is 1. The molecule has 0 saturated heterocycles. The van der Waals surface area contributed by atoms with Crippen LogP contribution in [0.25, 0.3) is 0 Å². The van der Waals surface area contributed by atoms with E-state index in [4.69, 9.17) is 14.8 Å². The van der Waals surface area contributed by atoms with E-state index in [9.17, 15) is 19.4 Å². The molecule has 3 atom stereocenters. The number of allylic oxidation sites excluding steroid dienone is 5. The lowest BCUT2D eigenvalue weighted by atomic mass is 10.0. The zero-order valence-electron chi connectivity index (χ0n) is 28.1. The molecule has 8 nitrogen and oxygen atoms in total. The lowest BCUT2D eigenvalue weighted by Crippen LogP contribution is -2.45. The molecule has 3 unspecified atom stereocenters. The first-order valence-electron chi connectivity index (χ1n) is 17.6. The van der Waals surface area contributed by atoms with Gasteiger partial charge in [0.15, 0.2) is 0 Å². The number of carbonyl (C=O) groups is 1.